The summed E-state index contributed by atoms with van der Waals surface area (Å²) in [4.78, 5) is 13.4. The highest BCUT2D eigenvalue weighted by atomic mass is 32.2. The Morgan fingerprint density at radius 2 is 1.89 bits per heavy atom. The average molecular weight is 392 g/mol. The van der Waals surface area contributed by atoms with Crippen LogP contribution in [0, 0.1) is 17.6 Å². The van der Waals surface area contributed by atoms with Crippen LogP contribution < -0.4 is 9.62 Å². The van der Waals surface area contributed by atoms with E-state index in [0.29, 0.717) is 19.0 Å². The lowest BCUT2D eigenvalue weighted by Gasteiger charge is -2.30. The summed E-state index contributed by atoms with van der Waals surface area (Å²) < 4.78 is 54.3. The maximum atomic E-state index is 13.8. The minimum Gasteiger partial charge on any atom is -0.312 e. The molecule has 1 fully saturated rings. The van der Waals surface area contributed by atoms with Crippen molar-refractivity contribution in [2.24, 2.45) is 5.92 Å². The van der Waals surface area contributed by atoms with Crippen molar-refractivity contribution in [3.05, 3.63) is 53.6 Å². The minimum absolute atomic E-state index is 0.102. The fourth-order valence-corrected chi connectivity index (χ4v) is 4.47. The van der Waals surface area contributed by atoms with E-state index >= 15 is 0 Å². The van der Waals surface area contributed by atoms with Crippen LogP contribution in [0.25, 0.3) is 0 Å². The molecule has 1 amide bonds. The molecule has 0 saturated heterocycles. The van der Waals surface area contributed by atoms with Gasteiger partial charge >= 0.3 is 0 Å². The van der Waals surface area contributed by atoms with Gasteiger partial charge < -0.3 is 4.90 Å². The standard InChI is InChI=1S/C19H18F2N2O3S/c20-14-5-7-16(21)18(11-14)27(25,26)22-15-6-8-17-13(10-15)2-1-9-23(17)19(24)12-3-4-12/h5-8,10-12,22H,1-4,9H2. The normalized spacial score (nSPS) is 16.7. The summed E-state index contributed by atoms with van der Waals surface area (Å²) >= 11 is 0. The van der Waals surface area contributed by atoms with E-state index in [1.54, 1.807) is 17.0 Å². The van der Waals surface area contributed by atoms with Gasteiger partial charge in [0, 0.05) is 23.8 Å². The van der Waals surface area contributed by atoms with Crippen LogP contribution in [0.2, 0.25) is 0 Å². The first-order chi connectivity index (χ1) is 12.8. The monoisotopic (exact) mass is 392 g/mol. The minimum atomic E-state index is -4.27. The number of fused-ring (bicyclic) bond motifs is 1. The number of anilines is 2. The Balaban J connectivity index is 1.62. The van der Waals surface area contributed by atoms with Crippen molar-refractivity contribution in [2.75, 3.05) is 16.2 Å². The van der Waals surface area contributed by atoms with Gasteiger partial charge in [-0.2, -0.15) is 0 Å². The highest BCUT2D eigenvalue weighted by Gasteiger charge is 2.35. The number of nitrogens with one attached hydrogen (secondary N) is 1. The molecule has 2 aliphatic rings. The van der Waals surface area contributed by atoms with Gasteiger partial charge in [0.25, 0.3) is 10.0 Å². The molecular weight excluding hydrogens is 374 g/mol. The van der Waals surface area contributed by atoms with E-state index in [4.69, 9.17) is 0 Å². The predicted octanol–water partition coefficient (Wildman–Crippen LogP) is 3.45. The van der Waals surface area contributed by atoms with Crippen LogP contribution in [0.5, 0.6) is 0 Å². The van der Waals surface area contributed by atoms with E-state index in [-0.39, 0.29) is 17.5 Å². The Hall–Kier alpha value is -2.48. The van der Waals surface area contributed by atoms with Crippen LogP contribution in [0.4, 0.5) is 20.2 Å². The lowest BCUT2D eigenvalue weighted by molar-refractivity contribution is -0.119. The lowest BCUT2D eigenvalue weighted by Crippen LogP contribution is -2.36. The molecule has 2 aromatic carbocycles. The second-order valence-electron chi connectivity index (χ2n) is 6.89. The molecule has 0 unspecified atom stereocenters. The first-order valence-corrected chi connectivity index (χ1v) is 10.3. The van der Waals surface area contributed by atoms with Crippen molar-refractivity contribution in [2.45, 2.75) is 30.6 Å². The van der Waals surface area contributed by atoms with Crippen molar-refractivity contribution in [3.8, 4) is 0 Å². The highest BCUT2D eigenvalue weighted by molar-refractivity contribution is 7.92. The van der Waals surface area contributed by atoms with Gasteiger partial charge in [-0.05, 0) is 67.6 Å². The highest BCUT2D eigenvalue weighted by Crippen LogP contribution is 2.37. The summed E-state index contributed by atoms with van der Waals surface area (Å²) in [7, 11) is -4.27. The van der Waals surface area contributed by atoms with E-state index in [0.717, 1.165) is 42.6 Å². The number of sulfonamides is 1. The molecule has 27 heavy (non-hydrogen) atoms. The zero-order valence-corrected chi connectivity index (χ0v) is 15.2. The van der Waals surface area contributed by atoms with Gasteiger partial charge in [0.15, 0.2) is 0 Å². The Labute approximate surface area is 156 Å². The Kier molecular flexibility index (Phi) is 4.38. The van der Waals surface area contributed by atoms with Crippen LogP contribution >= 0.6 is 0 Å². The third-order valence-electron chi connectivity index (χ3n) is 4.83. The van der Waals surface area contributed by atoms with Crippen molar-refractivity contribution >= 4 is 27.3 Å². The molecule has 0 bridgehead atoms. The summed E-state index contributed by atoms with van der Waals surface area (Å²) in [6.07, 6.45) is 3.34. The number of rotatable bonds is 4. The zero-order chi connectivity index (χ0) is 19.2. The molecule has 1 N–H and O–H groups in total. The van der Waals surface area contributed by atoms with Crippen LogP contribution in [-0.2, 0) is 21.2 Å². The predicted molar refractivity (Wildman–Crippen MR) is 97.0 cm³/mol. The first kappa shape index (κ1) is 17.9. The number of benzene rings is 2. The fraction of sp³-hybridized carbons (Fsp3) is 0.316. The van der Waals surface area contributed by atoms with E-state index in [1.807, 2.05) is 0 Å². The number of halogens is 2. The van der Waals surface area contributed by atoms with Crippen molar-refractivity contribution in [1.29, 1.82) is 0 Å². The number of hydrogen-bond acceptors (Lipinski definition) is 3. The van der Waals surface area contributed by atoms with E-state index < -0.39 is 26.6 Å². The molecule has 2 aromatic rings. The second kappa shape index (κ2) is 6.60. The number of aryl methyl sites for hydroxylation is 1. The van der Waals surface area contributed by atoms with Gasteiger partial charge in [0.1, 0.15) is 16.5 Å². The lowest BCUT2D eigenvalue weighted by atomic mass is 10.0. The molecule has 0 spiro atoms. The molecule has 5 nitrogen and oxygen atoms in total. The van der Waals surface area contributed by atoms with Gasteiger partial charge in [-0.1, -0.05) is 0 Å². The molecule has 1 heterocycles. The molecular formula is C19H18F2N2O3S. The smallest absolute Gasteiger partial charge is 0.264 e. The molecule has 0 radical (unpaired) electrons. The van der Waals surface area contributed by atoms with Gasteiger partial charge in [-0.25, -0.2) is 17.2 Å². The molecule has 1 saturated carbocycles. The number of hydrogen-bond donors (Lipinski definition) is 1. The van der Waals surface area contributed by atoms with Crippen LogP contribution in [0.1, 0.15) is 24.8 Å². The Morgan fingerprint density at radius 3 is 2.63 bits per heavy atom. The summed E-state index contributed by atoms with van der Waals surface area (Å²) in [5.74, 6) is -1.64. The summed E-state index contributed by atoms with van der Waals surface area (Å²) in [5, 5.41) is 0. The second-order valence-corrected chi connectivity index (χ2v) is 8.54. The number of nitrogens with zero attached hydrogens (tertiary/aromatic N) is 1. The van der Waals surface area contributed by atoms with Crippen molar-refractivity contribution in [3.63, 3.8) is 0 Å². The van der Waals surface area contributed by atoms with Gasteiger partial charge in [-0.3, -0.25) is 9.52 Å². The van der Waals surface area contributed by atoms with E-state index in [2.05, 4.69) is 4.72 Å². The maximum absolute atomic E-state index is 13.8. The average Bonchev–Trinajstić information content (AvgIpc) is 3.47. The number of amides is 1. The van der Waals surface area contributed by atoms with E-state index in [1.165, 1.54) is 6.07 Å². The molecule has 0 aromatic heterocycles. The number of carbonyl (C=O) groups excluding carboxylic acids is 1. The molecule has 0 atom stereocenters. The SMILES string of the molecule is O=C(C1CC1)N1CCCc2cc(NS(=O)(=O)c3cc(F)ccc3F)ccc21. The Bertz CT molecular complexity index is 1020. The third kappa shape index (κ3) is 3.53. The van der Waals surface area contributed by atoms with Crippen LogP contribution in [0.3, 0.4) is 0 Å². The zero-order valence-electron chi connectivity index (χ0n) is 14.4. The number of carbonyl (C=O) groups is 1. The molecule has 142 valence electrons. The largest absolute Gasteiger partial charge is 0.312 e. The van der Waals surface area contributed by atoms with Crippen LogP contribution in [0.15, 0.2) is 41.3 Å². The van der Waals surface area contributed by atoms with Gasteiger partial charge in [-0.15, -0.1) is 0 Å². The molecule has 8 heteroatoms. The first-order valence-electron chi connectivity index (χ1n) is 8.77. The molecule has 1 aliphatic carbocycles. The summed E-state index contributed by atoms with van der Waals surface area (Å²) in [6, 6.07) is 7.17. The third-order valence-corrected chi connectivity index (χ3v) is 6.22. The molecule has 1 aliphatic heterocycles. The van der Waals surface area contributed by atoms with Gasteiger partial charge in [0.2, 0.25) is 5.91 Å². The van der Waals surface area contributed by atoms with E-state index in [9.17, 15) is 22.0 Å². The summed E-state index contributed by atoms with van der Waals surface area (Å²) in [5.41, 5.74) is 1.89. The summed E-state index contributed by atoms with van der Waals surface area (Å²) in [6.45, 7) is 0.655. The van der Waals surface area contributed by atoms with Gasteiger partial charge in [0.05, 0.1) is 0 Å². The fourth-order valence-electron chi connectivity index (χ4n) is 3.33. The maximum Gasteiger partial charge on any atom is 0.264 e. The van der Waals surface area contributed by atoms with Crippen molar-refractivity contribution in [1.82, 2.24) is 0 Å². The topological polar surface area (TPSA) is 66.5 Å². The Morgan fingerprint density at radius 1 is 1.11 bits per heavy atom. The van der Waals surface area contributed by atoms with Crippen molar-refractivity contribution < 1.29 is 22.0 Å². The quantitative estimate of drug-likeness (QED) is 0.867. The van der Waals surface area contributed by atoms with Crippen LogP contribution in [-0.4, -0.2) is 20.9 Å². The molecule has 4 rings (SSSR count).